The van der Waals surface area contributed by atoms with Crippen LogP contribution >= 0.6 is 11.6 Å². The predicted molar refractivity (Wildman–Crippen MR) is 67.3 cm³/mol. The lowest BCUT2D eigenvalue weighted by Crippen LogP contribution is -1.97. The molecule has 0 saturated carbocycles. The zero-order valence-electron chi connectivity index (χ0n) is 9.19. The van der Waals surface area contributed by atoms with Crippen LogP contribution in [0.2, 0.25) is 5.02 Å². The van der Waals surface area contributed by atoms with E-state index in [4.69, 9.17) is 16.7 Å². The van der Waals surface area contributed by atoms with Crippen LogP contribution in [-0.4, -0.2) is 16.1 Å². The first-order chi connectivity index (χ1) is 8.18. The number of hydrogen-bond donors (Lipinski definition) is 1. The Morgan fingerprint density at radius 2 is 2.18 bits per heavy atom. The third-order valence-corrected chi connectivity index (χ3v) is 2.97. The maximum Gasteiger partial charge on any atom is 0.303 e. The predicted octanol–water partition coefficient (Wildman–Crippen LogP) is 3.30. The minimum atomic E-state index is -0.767. The molecule has 0 aliphatic carbocycles. The van der Waals surface area contributed by atoms with Crippen molar-refractivity contribution in [2.24, 2.45) is 0 Å². The van der Waals surface area contributed by atoms with Crippen molar-refractivity contribution >= 4 is 28.5 Å². The molecule has 0 aliphatic rings. The molecule has 17 heavy (non-hydrogen) atoms. The molecule has 88 valence electrons. The van der Waals surface area contributed by atoms with Crippen molar-refractivity contribution in [3.8, 4) is 0 Å². The van der Waals surface area contributed by atoms with Crippen molar-refractivity contribution in [3.05, 3.63) is 41.0 Å². The lowest BCUT2D eigenvalue weighted by atomic mass is 10.0. The van der Waals surface area contributed by atoms with E-state index in [1.807, 2.05) is 24.3 Å². The number of carboxylic acids is 1. The molecule has 0 radical (unpaired) electrons. The highest BCUT2D eigenvalue weighted by Gasteiger charge is 2.06. The van der Waals surface area contributed by atoms with E-state index in [0.29, 0.717) is 17.9 Å². The Kier molecular flexibility index (Phi) is 3.59. The van der Waals surface area contributed by atoms with Gasteiger partial charge in [0.2, 0.25) is 0 Å². The number of benzene rings is 1. The Morgan fingerprint density at radius 3 is 2.94 bits per heavy atom. The zero-order valence-corrected chi connectivity index (χ0v) is 9.94. The third kappa shape index (κ3) is 2.74. The van der Waals surface area contributed by atoms with E-state index in [1.165, 1.54) is 0 Å². The molecule has 1 heterocycles. The van der Waals surface area contributed by atoms with Gasteiger partial charge in [-0.15, -0.1) is 0 Å². The molecule has 2 aromatic rings. The van der Waals surface area contributed by atoms with Crippen molar-refractivity contribution in [3.63, 3.8) is 0 Å². The van der Waals surface area contributed by atoms with Gasteiger partial charge in [-0.3, -0.25) is 9.78 Å². The summed E-state index contributed by atoms with van der Waals surface area (Å²) < 4.78 is 0. The molecular weight excluding hydrogens is 238 g/mol. The number of nitrogens with zero attached hydrogens (tertiary/aromatic N) is 1. The van der Waals surface area contributed by atoms with Crippen LogP contribution in [-0.2, 0) is 11.2 Å². The second kappa shape index (κ2) is 5.15. The van der Waals surface area contributed by atoms with Gasteiger partial charge in [0.15, 0.2) is 0 Å². The maximum absolute atomic E-state index is 10.5. The summed E-state index contributed by atoms with van der Waals surface area (Å²) in [6.07, 6.45) is 3.22. The van der Waals surface area contributed by atoms with Crippen molar-refractivity contribution in [2.75, 3.05) is 0 Å². The van der Waals surface area contributed by atoms with E-state index in [9.17, 15) is 4.79 Å². The minimum absolute atomic E-state index is 0.178. The summed E-state index contributed by atoms with van der Waals surface area (Å²) in [4.78, 5) is 14.8. The van der Waals surface area contributed by atoms with Crippen LogP contribution in [0.4, 0.5) is 0 Å². The molecule has 1 aromatic carbocycles. The van der Waals surface area contributed by atoms with Gasteiger partial charge in [-0.1, -0.05) is 17.7 Å². The number of aliphatic carboxylic acids is 1. The van der Waals surface area contributed by atoms with Crippen LogP contribution in [0.25, 0.3) is 10.9 Å². The van der Waals surface area contributed by atoms with Crippen LogP contribution in [0.5, 0.6) is 0 Å². The van der Waals surface area contributed by atoms with Gasteiger partial charge in [0.25, 0.3) is 0 Å². The van der Waals surface area contributed by atoms with Crippen LogP contribution in [0.1, 0.15) is 18.4 Å². The maximum atomic E-state index is 10.5. The first kappa shape index (κ1) is 11.9. The van der Waals surface area contributed by atoms with Gasteiger partial charge in [-0.2, -0.15) is 0 Å². The van der Waals surface area contributed by atoms with Crippen molar-refractivity contribution in [2.45, 2.75) is 19.3 Å². The molecule has 4 heteroatoms. The largest absolute Gasteiger partial charge is 0.481 e. The highest BCUT2D eigenvalue weighted by Crippen LogP contribution is 2.25. The fourth-order valence-electron chi connectivity index (χ4n) is 1.83. The summed E-state index contributed by atoms with van der Waals surface area (Å²) in [5.41, 5.74) is 1.91. The highest BCUT2D eigenvalue weighted by molar-refractivity contribution is 6.35. The summed E-state index contributed by atoms with van der Waals surface area (Å²) in [6, 6.07) is 7.52. The molecule has 3 nitrogen and oxygen atoms in total. The Morgan fingerprint density at radius 1 is 1.35 bits per heavy atom. The van der Waals surface area contributed by atoms with Gasteiger partial charge in [0.05, 0.1) is 5.52 Å². The number of aromatic nitrogens is 1. The quantitative estimate of drug-likeness (QED) is 0.905. The van der Waals surface area contributed by atoms with E-state index in [1.54, 1.807) is 6.20 Å². The van der Waals surface area contributed by atoms with Crippen LogP contribution < -0.4 is 0 Å². The van der Waals surface area contributed by atoms with Crippen LogP contribution in [0.3, 0.4) is 0 Å². The number of pyridine rings is 1. The lowest BCUT2D eigenvalue weighted by molar-refractivity contribution is -0.137. The molecule has 0 saturated heterocycles. The molecule has 0 aliphatic heterocycles. The van der Waals surface area contributed by atoms with Crippen molar-refractivity contribution < 1.29 is 9.90 Å². The molecule has 2 rings (SSSR count). The number of rotatable bonds is 4. The number of halogens is 1. The smallest absolute Gasteiger partial charge is 0.303 e. The van der Waals surface area contributed by atoms with Gasteiger partial charge in [-0.25, -0.2) is 0 Å². The number of hydrogen-bond acceptors (Lipinski definition) is 2. The van der Waals surface area contributed by atoms with E-state index in [-0.39, 0.29) is 6.42 Å². The Labute approximate surface area is 104 Å². The molecular formula is C13H12ClNO2. The third-order valence-electron chi connectivity index (χ3n) is 2.64. The molecule has 0 fully saturated rings. The van der Waals surface area contributed by atoms with Gasteiger partial charge in [0.1, 0.15) is 0 Å². The Bertz CT molecular complexity index is 554. The average Bonchev–Trinajstić information content (AvgIpc) is 2.32. The first-order valence-corrected chi connectivity index (χ1v) is 5.80. The van der Waals surface area contributed by atoms with Crippen LogP contribution in [0, 0.1) is 0 Å². The number of carboxylic acid groups (broad SMARTS) is 1. The van der Waals surface area contributed by atoms with E-state index in [0.717, 1.165) is 16.5 Å². The normalized spacial score (nSPS) is 10.6. The summed E-state index contributed by atoms with van der Waals surface area (Å²) in [5.74, 6) is -0.767. The van der Waals surface area contributed by atoms with Crippen molar-refractivity contribution in [1.82, 2.24) is 4.98 Å². The van der Waals surface area contributed by atoms with Crippen LogP contribution in [0.15, 0.2) is 30.5 Å². The minimum Gasteiger partial charge on any atom is -0.481 e. The van der Waals surface area contributed by atoms with E-state index in [2.05, 4.69) is 4.98 Å². The highest BCUT2D eigenvalue weighted by atomic mass is 35.5. The van der Waals surface area contributed by atoms with E-state index >= 15 is 0 Å². The molecule has 1 aromatic heterocycles. The monoisotopic (exact) mass is 249 g/mol. The van der Waals surface area contributed by atoms with Gasteiger partial charge in [-0.05, 0) is 36.6 Å². The average molecular weight is 250 g/mol. The fraction of sp³-hybridized carbons (Fsp3) is 0.231. The summed E-state index contributed by atoms with van der Waals surface area (Å²) in [5, 5.41) is 10.2. The molecule has 0 amide bonds. The Hall–Kier alpha value is -1.61. The Balaban J connectivity index is 2.28. The number of aryl methyl sites for hydroxylation is 1. The SMILES string of the molecule is O=C(O)CCCc1ccc(Cl)c2cccnc12. The fourth-order valence-corrected chi connectivity index (χ4v) is 2.04. The summed E-state index contributed by atoms with van der Waals surface area (Å²) in [6.45, 7) is 0. The van der Waals surface area contributed by atoms with Crippen molar-refractivity contribution in [1.29, 1.82) is 0 Å². The summed E-state index contributed by atoms with van der Waals surface area (Å²) in [7, 11) is 0. The van der Waals surface area contributed by atoms with Gasteiger partial charge in [0, 0.05) is 23.0 Å². The number of carbonyl (C=O) groups is 1. The standard InChI is InChI=1S/C13H12ClNO2/c14-11-7-6-9(3-1-5-12(16)17)13-10(11)4-2-8-15-13/h2,4,6-8H,1,3,5H2,(H,16,17). The lowest BCUT2D eigenvalue weighted by Gasteiger charge is -2.06. The summed E-state index contributed by atoms with van der Waals surface area (Å²) >= 11 is 6.08. The topological polar surface area (TPSA) is 50.2 Å². The zero-order chi connectivity index (χ0) is 12.3. The number of fused-ring (bicyclic) bond motifs is 1. The second-order valence-electron chi connectivity index (χ2n) is 3.85. The molecule has 0 unspecified atom stereocenters. The molecule has 0 atom stereocenters. The molecule has 1 N–H and O–H groups in total. The van der Waals surface area contributed by atoms with Gasteiger partial charge < -0.3 is 5.11 Å². The first-order valence-electron chi connectivity index (χ1n) is 5.42. The molecule has 0 spiro atoms. The molecule has 0 bridgehead atoms. The second-order valence-corrected chi connectivity index (χ2v) is 4.26. The van der Waals surface area contributed by atoms with Gasteiger partial charge >= 0.3 is 5.97 Å². The van der Waals surface area contributed by atoms with E-state index < -0.39 is 5.97 Å².